The number of nitrogens with zero attached hydrogens (tertiary/aromatic N) is 2. The summed E-state index contributed by atoms with van der Waals surface area (Å²) in [7, 11) is 0. The molecule has 1 aliphatic heterocycles. The summed E-state index contributed by atoms with van der Waals surface area (Å²) < 4.78 is 13.0. The number of nitrogens with one attached hydrogen (secondary N) is 1. The van der Waals surface area contributed by atoms with Crippen LogP contribution < -0.4 is 20.3 Å². The highest BCUT2D eigenvalue weighted by Gasteiger charge is 2.36. The number of fused-ring (bicyclic) bond motifs is 2. The lowest BCUT2D eigenvalue weighted by atomic mass is 9.78. The third-order valence-electron chi connectivity index (χ3n) is 5.89. The molecule has 0 unspecified atom stereocenters. The van der Waals surface area contributed by atoms with Crippen molar-refractivity contribution in [3.63, 3.8) is 0 Å². The van der Waals surface area contributed by atoms with Crippen molar-refractivity contribution in [2.75, 3.05) is 25.1 Å². The predicted molar refractivity (Wildman–Crippen MR) is 108 cm³/mol. The van der Waals surface area contributed by atoms with E-state index in [-0.39, 0.29) is 11.0 Å². The number of rotatable bonds is 4. The van der Waals surface area contributed by atoms with Gasteiger partial charge >= 0.3 is 0 Å². The molecule has 0 radical (unpaired) electrons. The van der Waals surface area contributed by atoms with Gasteiger partial charge in [-0.3, -0.25) is 9.20 Å². The molecule has 1 aliphatic carbocycles. The van der Waals surface area contributed by atoms with Crippen LogP contribution >= 0.6 is 0 Å². The first-order valence-corrected chi connectivity index (χ1v) is 9.86. The zero-order valence-corrected chi connectivity index (χ0v) is 15.7. The number of pyridine rings is 1. The molecule has 144 valence electrons. The van der Waals surface area contributed by atoms with Gasteiger partial charge in [-0.05, 0) is 42.7 Å². The second-order valence-corrected chi connectivity index (χ2v) is 7.61. The van der Waals surface area contributed by atoms with Crippen molar-refractivity contribution in [1.29, 1.82) is 0 Å². The van der Waals surface area contributed by atoms with Crippen molar-refractivity contribution in [1.82, 2.24) is 9.38 Å². The van der Waals surface area contributed by atoms with Crippen LogP contribution in [0.3, 0.4) is 0 Å². The van der Waals surface area contributed by atoms with E-state index in [4.69, 9.17) is 9.47 Å². The molecule has 3 aromatic rings. The van der Waals surface area contributed by atoms with Crippen LogP contribution in [-0.4, -0.2) is 29.1 Å². The number of benzene rings is 1. The second-order valence-electron chi connectivity index (χ2n) is 7.61. The van der Waals surface area contributed by atoms with Gasteiger partial charge in [0.25, 0.3) is 5.56 Å². The van der Waals surface area contributed by atoms with Gasteiger partial charge in [0.1, 0.15) is 24.7 Å². The third kappa shape index (κ3) is 2.99. The Labute approximate surface area is 163 Å². The molecule has 0 bridgehead atoms. The Balaban J connectivity index is 1.44. The molecule has 0 saturated heterocycles. The molecule has 6 nitrogen and oxygen atoms in total. The molecule has 1 N–H and O–H groups in total. The highest BCUT2D eigenvalue weighted by molar-refractivity contribution is 5.49. The van der Waals surface area contributed by atoms with E-state index in [1.165, 1.54) is 18.4 Å². The van der Waals surface area contributed by atoms with Crippen molar-refractivity contribution in [2.24, 2.45) is 0 Å². The van der Waals surface area contributed by atoms with Crippen LogP contribution in [0.5, 0.6) is 11.5 Å². The average Bonchev–Trinajstić information content (AvgIpc) is 3.22. The summed E-state index contributed by atoms with van der Waals surface area (Å²) in [5, 5.41) is 3.44. The van der Waals surface area contributed by atoms with Crippen LogP contribution in [0.1, 0.15) is 31.2 Å². The Morgan fingerprint density at radius 3 is 2.71 bits per heavy atom. The van der Waals surface area contributed by atoms with Crippen molar-refractivity contribution >= 4 is 11.5 Å². The first-order chi connectivity index (χ1) is 13.7. The van der Waals surface area contributed by atoms with Gasteiger partial charge in [-0.15, -0.1) is 0 Å². The summed E-state index contributed by atoms with van der Waals surface area (Å²) in [6.07, 6.45) is 6.34. The topological polar surface area (TPSA) is 64.9 Å². The zero-order chi connectivity index (χ0) is 19.0. The van der Waals surface area contributed by atoms with Crippen molar-refractivity contribution in [3.05, 3.63) is 64.6 Å². The number of ether oxygens (including phenoxy) is 2. The minimum Gasteiger partial charge on any atom is -0.486 e. The summed E-state index contributed by atoms with van der Waals surface area (Å²) in [6, 6.07) is 13.4. The van der Waals surface area contributed by atoms with Gasteiger partial charge in [0.15, 0.2) is 11.5 Å². The van der Waals surface area contributed by atoms with Crippen molar-refractivity contribution in [2.45, 2.75) is 31.1 Å². The van der Waals surface area contributed by atoms with E-state index in [0.717, 1.165) is 30.9 Å². The van der Waals surface area contributed by atoms with Gasteiger partial charge < -0.3 is 14.8 Å². The Morgan fingerprint density at radius 1 is 1.04 bits per heavy atom. The van der Waals surface area contributed by atoms with Crippen molar-refractivity contribution < 1.29 is 9.47 Å². The summed E-state index contributed by atoms with van der Waals surface area (Å²) in [5.41, 5.74) is 1.85. The van der Waals surface area contributed by atoms with E-state index in [2.05, 4.69) is 22.4 Å². The van der Waals surface area contributed by atoms with Gasteiger partial charge in [-0.2, -0.15) is 0 Å². The monoisotopic (exact) mass is 377 g/mol. The minimum absolute atomic E-state index is 0.0132. The van der Waals surface area contributed by atoms with Crippen LogP contribution in [0, 0.1) is 0 Å². The fourth-order valence-electron chi connectivity index (χ4n) is 4.40. The molecular weight excluding hydrogens is 354 g/mol. The number of hydrogen-bond donors (Lipinski definition) is 1. The van der Waals surface area contributed by atoms with Gasteiger partial charge in [0.05, 0.1) is 0 Å². The van der Waals surface area contributed by atoms with Gasteiger partial charge in [-0.25, -0.2) is 4.98 Å². The summed E-state index contributed by atoms with van der Waals surface area (Å²) >= 11 is 0. The fraction of sp³-hybridized carbons (Fsp3) is 0.364. The highest BCUT2D eigenvalue weighted by atomic mass is 16.6. The predicted octanol–water partition coefficient (Wildman–Crippen LogP) is 3.39. The van der Waals surface area contributed by atoms with Crippen LogP contribution in [0.15, 0.2) is 53.5 Å². The standard InChI is InChI=1S/C22H23N3O3/c26-21-14-19(24-20-5-1-4-10-25(20)21)23-15-22(8-2-3-9-22)16-6-7-17-18(13-16)28-12-11-27-17/h1,4-7,10,13-14,23H,2-3,8-9,11-12,15H2. The maximum absolute atomic E-state index is 12.4. The van der Waals surface area contributed by atoms with Crippen LogP contribution in [0.4, 0.5) is 5.82 Å². The van der Waals surface area contributed by atoms with Crippen LogP contribution in [0.2, 0.25) is 0 Å². The maximum atomic E-state index is 12.4. The van der Waals surface area contributed by atoms with Gasteiger partial charge in [0, 0.05) is 24.2 Å². The van der Waals surface area contributed by atoms with Gasteiger partial charge in [-0.1, -0.05) is 25.0 Å². The number of anilines is 1. The molecular formula is C22H23N3O3. The van der Waals surface area contributed by atoms with E-state index in [1.54, 1.807) is 16.7 Å². The first-order valence-electron chi connectivity index (χ1n) is 9.86. The number of aromatic nitrogens is 2. The molecule has 1 aromatic carbocycles. The van der Waals surface area contributed by atoms with E-state index in [1.807, 2.05) is 24.3 Å². The average molecular weight is 377 g/mol. The van der Waals surface area contributed by atoms with E-state index in [9.17, 15) is 4.79 Å². The van der Waals surface area contributed by atoms with Crippen molar-refractivity contribution in [3.8, 4) is 11.5 Å². The molecule has 28 heavy (non-hydrogen) atoms. The largest absolute Gasteiger partial charge is 0.486 e. The second kappa shape index (κ2) is 6.86. The fourth-order valence-corrected chi connectivity index (χ4v) is 4.40. The van der Waals surface area contributed by atoms with Crippen LogP contribution in [-0.2, 0) is 5.41 Å². The quantitative estimate of drug-likeness (QED) is 0.755. The molecule has 0 spiro atoms. The Morgan fingerprint density at radius 2 is 1.86 bits per heavy atom. The summed E-state index contributed by atoms with van der Waals surface area (Å²) in [6.45, 7) is 1.93. The normalized spacial score (nSPS) is 17.6. The van der Waals surface area contributed by atoms with Crippen LogP contribution in [0.25, 0.3) is 5.65 Å². The Kier molecular flexibility index (Phi) is 4.19. The first kappa shape index (κ1) is 17.1. The molecule has 2 aliphatic rings. The van der Waals surface area contributed by atoms with E-state index in [0.29, 0.717) is 24.7 Å². The number of hydrogen-bond acceptors (Lipinski definition) is 5. The third-order valence-corrected chi connectivity index (χ3v) is 5.89. The van der Waals surface area contributed by atoms with Gasteiger partial charge in [0.2, 0.25) is 0 Å². The molecule has 1 fully saturated rings. The minimum atomic E-state index is -0.0760. The summed E-state index contributed by atoms with van der Waals surface area (Å²) in [5.74, 6) is 2.28. The van der Waals surface area contributed by atoms with E-state index >= 15 is 0 Å². The molecule has 5 rings (SSSR count). The Hall–Kier alpha value is -3.02. The lowest BCUT2D eigenvalue weighted by molar-refractivity contribution is 0.171. The highest BCUT2D eigenvalue weighted by Crippen LogP contribution is 2.44. The Bertz CT molecular complexity index is 1070. The molecule has 2 aromatic heterocycles. The molecule has 3 heterocycles. The maximum Gasteiger partial charge on any atom is 0.259 e. The lowest BCUT2D eigenvalue weighted by Crippen LogP contribution is -2.32. The lowest BCUT2D eigenvalue weighted by Gasteiger charge is -2.31. The van der Waals surface area contributed by atoms with E-state index < -0.39 is 0 Å². The molecule has 1 saturated carbocycles. The zero-order valence-electron chi connectivity index (χ0n) is 15.7. The summed E-state index contributed by atoms with van der Waals surface area (Å²) in [4.78, 5) is 17.0. The molecule has 0 atom stereocenters. The molecule has 6 heteroatoms. The molecule has 0 amide bonds. The smallest absolute Gasteiger partial charge is 0.259 e. The SMILES string of the molecule is O=c1cc(NCC2(c3ccc4c(c3)OCCO4)CCCC2)nc2ccccn12.